The zero-order valence-corrected chi connectivity index (χ0v) is 20.1. The molecule has 0 fully saturated rings. The average molecular weight is 517 g/mol. The fourth-order valence-electron chi connectivity index (χ4n) is 4.08. The predicted octanol–water partition coefficient (Wildman–Crippen LogP) is 6.14. The minimum absolute atomic E-state index is 0.0846. The monoisotopic (exact) mass is 516 g/mol. The van der Waals surface area contributed by atoms with E-state index in [1.807, 2.05) is 0 Å². The Bertz CT molecular complexity index is 1290. The molecule has 0 spiro atoms. The lowest BCUT2D eigenvalue weighted by molar-refractivity contribution is -0.137. The zero-order chi connectivity index (χ0) is 25.9. The smallest absolute Gasteiger partial charge is 0.416 e. The Kier molecular flexibility index (Phi) is 7.44. The van der Waals surface area contributed by atoms with E-state index in [4.69, 9.17) is 4.74 Å². The van der Waals surface area contributed by atoms with Crippen molar-refractivity contribution in [1.29, 1.82) is 0 Å². The molecule has 0 saturated carbocycles. The highest BCUT2D eigenvalue weighted by Crippen LogP contribution is 2.39. The number of carbonyl (C=O) groups is 3. The number of rotatable bonds is 6. The Morgan fingerprint density at radius 2 is 1.69 bits per heavy atom. The second-order valence-electron chi connectivity index (χ2n) is 8.36. The van der Waals surface area contributed by atoms with Gasteiger partial charge in [-0.05, 0) is 49.4 Å². The van der Waals surface area contributed by atoms with Crippen LogP contribution in [0.15, 0.2) is 54.6 Å². The molecule has 2 amide bonds. The predicted molar refractivity (Wildman–Crippen MR) is 130 cm³/mol. The minimum Gasteiger partial charge on any atom is -0.444 e. The second-order valence-corrected chi connectivity index (χ2v) is 9.47. The summed E-state index contributed by atoms with van der Waals surface area (Å²) in [4.78, 5) is 39.3. The molecule has 0 bridgehead atoms. The molecule has 6 nitrogen and oxygen atoms in total. The van der Waals surface area contributed by atoms with Crippen LogP contribution in [0, 0.1) is 0 Å². The third kappa shape index (κ3) is 5.76. The first kappa shape index (κ1) is 25.4. The van der Waals surface area contributed by atoms with Crippen LogP contribution in [0.2, 0.25) is 0 Å². The van der Waals surface area contributed by atoms with E-state index in [1.165, 1.54) is 30.4 Å². The van der Waals surface area contributed by atoms with Crippen molar-refractivity contribution in [2.45, 2.75) is 44.9 Å². The van der Waals surface area contributed by atoms with Gasteiger partial charge in [0.15, 0.2) is 0 Å². The normalized spacial score (nSPS) is 13.9. The van der Waals surface area contributed by atoms with Crippen molar-refractivity contribution in [2.24, 2.45) is 0 Å². The van der Waals surface area contributed by atoms with Crippen LogP contribution in [0.1, 0.15) is 57.8 Å². The van der Waals surface area contributed by atoms with Gasteiger partial charge < -0.3 is 15.4 Å². The standard InChI is InChI=1S/C26H23F3N2O4S/c1-15(32)30-24-21(19-12-5-6-13-20(19)36-24)25(34)35-22(16-8-3-2-4-9-16)23(33)31-18-11-7-10-17(14-18)26(27,28)29/h2-4,7-11,14,22H,5-6,12-13H2,1H3,(H,30,32)(H,31,33)/t22-/m1/s1. The number of fused-ring (bicyclic) bond motifs is 1. The van der Waals surface area contributed by atoms with E-state index in [1.54, 1.807) is 30.3 Å². The maximum atomic E-state index is 13.4. The van der Waals surface area contributed by atoms with Crippen LogP contribution in [0.4, 0.5) is 23.9 Å². The Morgan fingerprint density at radius 1 is 0.972 bits per heavy atom. The minimum atomic E-state index is -4.58. The number of hydrogen-bond donors (Lipinski definition) is 2. The second kappa shape index (κ2) is 10.5. The summed E-state index contributed by atoms with van der Waals surface area (Å²) < 4.78 is 45.0. The van der Waals surface area contributed by atoms with Gasteiger partial charge in [0.1, 0.15) is 5.00 Å². The first-order valence-electron chi connectivity index (χ1n) is 11.3. The molecule has 36 heavy (non-hydrogen) atoms. The Hall–Kier alpha value is -3.66. The highest BCUT2D eigenvalue weighted by atomic mass is 32.1. The van der Waals surface area contributed by atoms with Crippen molar-refractivity contribution in [1.82, 2.24) is 0 Å². The molecular weight excluding hydrogens is 493 g/mol. The van der Waals surface area contributed by atoms with Crippen LogP contribution in [0.25, 0.3) is 0 Å². The van der Waals surface area contributed by atoms with Crippen molar-refractivity contribution >= 4 is 39.8 Å². The van der Waals surface area contributed by atoms with Gasteiger partial charge in [-0.15, -0.1) is 11.3 Å². The van der Waals surface area contributed by atoms with Gasteiger partial charge in [0.05, 0.1) is 11.1 Å². The summed E-state index contributed by atoms with van der Waals surface area (Å²) in [7, 11) is 0. The maximum absolute atomic E-state index is 13.4. The van der Waals surface area contributed by atoms with E-state index in [9.17, 15) is 27.6 Å². The molecule has 0 saturated heterocycles. The fourth-order valence-corrected chi connectivity index (χ4v) is 5.40. The van der Waals surface area contributed by atoms with Gasteiger partial charge in [-0.3, -0.25) is 9.59 Å². The molecule has 0 unspecified atom stereocenters. The van der Waals surface area contributed by atoms with Crippen LogP contribution in [-0.4, -0.2) is 17.8 Å². The number of benzene rings is 2. The Labute approximate surface area is 209 Å². The molecule has 0 radical (unpaired) electrons. The fraction of sp³-hybridized carbons (Fsp3) is 0.269. The number of ether oxygens (including phenoxy) is 1. The molecular formula is C26H23F3N2O4S. The van der Waals surface area contributed by atoms with Gasteiger partial charge >= 0.3 is 12.1 Å². The summed E-state index contributed by atoms with van der Waals surface area (Å²) in [6.45, 7) is 1.34. The zero-order valence-electron chi connectivity index (χ0n) is 19.3. The molecule has 0 aliphatic heterocycles. The van der Waals surface area contributed by atoms with Crippen molar-refractivity contribution in [3.8, 4) is 0 Å². The van der Waals surface area contributed by atoms with Crippen LogP contribution < -0.4 is 10.6 Å². The molecule has 2 aromatic carbocycles. The van der Waals surface area contributed by atoms with E-state index in [2.05, 4.69) is 10.6 Å². The molecule has 2 N–H and O–H groups in total. The van der Waals surface area contributed by atoms with E-state index >= 15 is 0 Å². The first-order chi connectivity index (χ1) is 17.1. The molecule has 1 aliphatic rings. The van der Waals surface area contributed by atoms with E-state index < -0.39 is 29.7 Å². The van der Waals surface area contributed by atoms with Crippen LogP contribution in [-0.2, 0) is 33.3 Å². The van der Waals surface area contributed by atoms with Gasteiger partial charge in [0.2, 0.25) is 12.0 Å². The van der Waals surface area contributed by atoms with Crippen molar-refractivity contribution < 1.29 is 32.3 Å². The van der Waals surface area contributed by atoms with E-state index in [0.29, 0.717) is 17.0 Å². The van der Waals surface area contributed by atoms with Crippen molar-refractivity contribution in [2.75, 3.05) is 10.6 Å². The largest absolute Gasteiger partial charge is 0.444 e. The summed E-state index contributed by atoms with van der Waals surface area (Å²) in [5, 5.41) is 5.48. The molecule has 188 valence electrons. The summed E-state index contributed by atoms with van der Waals surface area (Å²) in [5.74, 6) is -1.94. The lowest BCUT2D eigenvalue weighted by Gasteiger charge is -2.20. The van der Waals surface area contributed by atoms with Gasteiger partial charge in [-0.2, -0.15) is 13.2 Å². The van der Waals surface area contributed by atoms with Crippen molar-refractivity contribution in [3.63, 3.8) is 0 Å². The number of amides is 2. The summed E-state index contributed by atoms with van der Waals surface area (Å²) in [5.41, 5.74) is 0.361. The third-order valence-corrected chi connectivity index (χ3v) is 6.90. The number of halogens is 3. The Balaban J connectivity index is 1.65. The van der Waals surface area contributed by atoms with Gasteiger partial charge in [0, 0.05) is 23.1 Å². The maximum Gasteiger partial charge on any atom is 0.416 e. The molecule has 4 rings (SSSR count). The van der Waals surface area contributed by atoms with Crippen LogP contribution in [0.3, 0.4) is 0 Å². The van der Waals surface area contributed by atoms with Gasteiger partial charge in [-0.1, -0.05) is 36.4 Å². The number of carbonyl (C=O) groups excluding carboxylic acids is 3. The summed E-state index contributed by atoms with van der Waals surface area (Å²) in [6, 6.07) is 12.4. The molecule has 1 aromatic heterocycles. The number of hydrogen-bond acceptors (Lipinski definition) is 5. The van der Waals surface area contributed by atoms with Crippen LogP contribution >= 0.6 is 11.3 Å². The number of alkyl halides is 3. The van der Waals surface area contributed by atoms with E-state index in [0.717, 1.165) is 41.8 Å². The SMILES string of the molecule is CC(=O)Nc1sc2c(c1C(=O)O[C@@H](C(=O)Nc1cccc(C(F)(F)F)c1)c1ccccc1)CCCC2. The quantitative estimate of drug-likeness (QED) is 0.386. The van der Waals surface area contributed by atoms with Gasteiger partial charge in [0.25, 0.3) is 5.91 Å². The molecule has 3 aromatic rings. The van der Waals surface area contributed by atoms with E-state index in [-0.39, 0.29) is 17.2 Å². The lowest BCUT2D eigenvalue weighted by atomic mass is 9.95. The summed E-state index contributed by atoms with van der Waals surface area (Å²) >= 11 is 1.32. The van der Waals surface area contributed by atoms with Crippen molar-refractivity contribution in [3.05, 3.63) is 81.7 Å². The number of anilines is 2. The highest BCUT2D eigenvalue weighted by molar-refractivity contribution is 7.17. The first-order valence-corrected chi connectivity index (χ1v) is 12.1. The van der Waals surface area contributed by atoms with Gasteiger partial charge in [-0.25, -0.2) is 4.79 Å². The molecule has 1 heterocycles. The van der Waals surface area contributed by atoms with Crippen LogP contribution in [0.5, 0.6) is 0 Å². The highest BCUT2D eigenvalue weighted by Gasteiger charge is 2.33. The number of nitrogens with one attached hydrogen (secondary N) is 2. The lowest BCUT2D eigenvalue weighted by Crippen LogP contribution is -2.26. The average Bonchev–Trinajstić information content (AvgIpc) is 3.19. The number of esters is 1. The molecule has 1 aliphatic carbocycles. The molecule has 10 heteroatoms. The summed E-state index contributed by atoms with van der Waals surface area (Å²) in [6.07, 6.45) is -2.75. The number of aryl methyl sites for hydroxylation is 1. The Morgan fingerprint density at radius 3 is 2.39 bits per heavy atom. The third-order valence-electron chi connectivity index (χ3n) is 5.69. The topological polar surface area (TPSA) is 84.5 Å². The molecule has 1 atom stereocenters. The number of thiophene rings is 1.